The van der Waals surface area contributed by atoms with E-state index in [1.165, 1.54) is 5.56 Å². The summed E-state index contributed by atoms with van der Waals surface area (Å²) in [6.07, 6.45) is 0.696. The molecule has 2 aromatic heterocycles. The molecule has 6 nitrogen and oxygen atoms in total. The Hall–Kier alpha value is -2.64. The van der Waals surface area contributed by atoms with Gasteiger partial charge in [0.15, 0.2) is 0 Å². The zero-order valence-corrected chi connectivity index (χ0v) is 18.4. The normalized spacial score (nSPS) is 18.6. The van der Waals surface area contributed by atoms with E-state index in [-0.39, 0.29) is 11.8 Å². The van der Waals surface area contributed by atoms with Crippen LogP contribution in [0.3, 0.4) is 0 Å². The second-order valence-corrected chi connectivity index (χ2v) is 8.91. The molecule has 1 N–H and O–H groups in total. The number of aryl methyl sites for hydroxylation is 1. The van der Waals surface area contributed by atoms with Gasteiger partial charge in [0.1, 0.15) is 16.1 Å². The number of amides is 2. The van der Waals surface area contributed by atoms with Gasteiger partial charge in [-0.05, 0) is 43.3 Å². The third-order valence-electron chi connectivity index (χ3n) is 5.85. The average Bonchev–Trinajstić information content (AvgIpc) is 3.32. The molecule has 1 unspecified atom stereocenters. The molecule has 4 rings (SSSR count). The van der Waals surface area contributed by atoms with Gasteiger partial charge < -0.3 is 19.5 Å². The standard InChI is InChI=1S/C23H27N3O3S/c1-16-4-6-17(7-5-16)8-11-26-20(27)19-14-18-9-13-30-21(18)25(19)15-23(26,2)22(28)24-10-12-29-3/h4-7,9,13-14H,8,10-12,15H2,1-3H3,(H,24,28). The van der Waals surface area contributed by atoms with Crippen LogP contribution in [0.15, 0.2) is 41.8 Å². The fourth-order valence-electron chi connectivity index (χ4n) is 4.06. The molecular formula is C23H27N3O3S. The van der Waals surface area contributed by atoms with Crippen molar-refractivity contribution in [2.45, 2.75) is 32.4 Å². The lowest BCUT2D eigenvalue weighted by Gasteiger charge is -2.44. The van der Waals surface area contributed by atoms with E-state index in [9.17, 15) is 9.59 Å². The Kier molecular flexibility index (Phi) is 5.66. The van der Waals surface area contributed by atoms with E-state index in [1.807, 2.05) is 29.0 Å². The minimum absolute atomic E-state index is 0.0962. The Labute approximate surface area is 180 Å². The Morgan fingerprint density at radius 1 is 1.27 bits per heavy atom. The van der Waals surface area contributed by atoms with Gasteiger partial charge in [-0.1, -0.05) is 29.8 Å². The average molecular weight is 426 g/mol. The number of methoxy groups -OCH3 is 1. The lowest BCUT2D eigenvalue weighted by molar-refractivity contribution is -0.133. The Morgan fingerprint density at radius 2 is 2.03 bits per heavy atom. The van der Waals surface area contributed by atoms with Gasteiger partial charge in [-0.25, -0.2) is 0 Å². The summed E-state index contributed by atoms with van der Waals surface area (Å²) in [5, 5.41) is 6.01. The highest BCUT2D eigenvalue weighted by atomic mass is 32.1. The smallest absolute Gasteiger partial charge is 0.271 e. The van der Waals surface area contributed by atoms with Crippen molar-refractivity contribution >= 4 is 33.4 Å². The maximum Gasteiger partial charge on any atom is 0.271 e. The minimum Gasteiger partial charge on any atom is -0.383 e. The highest BCUT2D eigenvalue weighted by Crippen LogP contribution is 2.34. The molecule has 0 fully saturated rings. The Balaban J connectivity index is 1.66. The van der Waals surface area contributed by atoms with E-state index in [1.54, 1.807) is 23.3 Å². The molecule has 1 aliphatic rings. The van der Waals surface area contributed by atoms with E-state index >= 15 is 0 Å². The maximum atomic E-state index is 13.5. The van der Waals surface area contributed by atoms with Gasteiger partial charge in [-0.3, -0.25) is 9.59 Å². The van der Waals surface area contributed by atoms with Crippen LogP contribution in [-0.4, -0.2) is 53.6 Å². The number of benzene rings is 1. The molecule has 30 heavy (non-hydrogen) atoms. The lowest BCUT2D eigenvalue weighted by Crippen LogP contribution is -2.64. The molecule has 1 aromatic carbocycles. The molecule has 158 valence electrons. The van der Waals surface area contributed by atoms with Gasteiger partial charge in [0, 0.05) is 25.6 Å². The third-order valence-corrected chi connectivity index (χ3v) is 6.81. The highest BCUT2D eigenvalue weighted by Gasteiger charge is 2.47. The fourth-order valence-corrected chi connectivity index (χ4v) is 4.96. The van der Waals surface area contributed by atoms with Gasteiger partial charge in [0.25, 0.3) is 5.91 Å². The van der Waals surface area contributed by atoms with Crippen molar-refractivity contribution in [3.05, 3.63) is 58.6 Å². The number of thiophene rings is 1. The summed E-state index contributed by atoms with van der Waals surface area (Å²) in [6, 6.07) is 12.3. The predicted octanol–water partition coefficient (Wildman–Crippen LogP) is 3.23. The van der Waals surface area contributed by atoms with Crippen LogP contribution in [0.2, 0.25) is 0 Å². The van der Waals surface area contributed by atoms with Crippen LogP contribution in [-0.2, 0) is 22.5 Å². The van der Waals surface area contributed by atoms with Crippen molar-refractivity contribution in [3.63, 3.8) is 0 Å². The quantitative estimate of drug-likeness (QED) is 0.591. The first-order valence-corrected chi connectivity index (χ1v) is 11.0. The van der Waals surface area contributed by atoms with E-state index in [0.717, 1.165) is 15.8 Å². The monoisotopic (exact) mass is 425 g/mol. The van der Waals surface area contributed by atoms with Crippen LogP contribution < -0.4 is 5.32 Å². The van der Waals surface area contributed by atoms with Crippen molar-refractivity contribution in [2.75, 3.05) is 26.8 Å². The van der Waals surface area contributed by atoms with E-state index in [0.29, 0.717) is 38.4 Å². The highest BCUT2D eigenvalue weighted by molar-refractivity contribution is 7.16. The molecule has 0 saturated carbocycles. The molecule has 3 heterocycles. The number of carbonyl (C=O) groups is 2. The van der Waals surface area contributed by atoms with Gasteiger partial charge >= 0.3 is 0 Å². The van der Waals surface area contributed by atoms with Crippen molar-refractivity contribution in [2.24, 2.45) is 0 Å². The van der Waals surface area contributed by atoms with E-state index in [2.05, 4.69) is 36.5 Å². The predicted molar refractivity (Wildman–Crippen MR) is 119 cm³/mol. The zero-order valence-electron chi connectivity index (χ0n) is 17.6. The molecule has 2 amide bonds. The van der Waals surface area contributed by atoms with Crippen molar-refractivity contribution in [3.8, 4) is 0 Å². The zero-order chi connectivity index (χ0) is 21.3. The fraction of sp³-hybridized carbons (Fsp3) is 0.391. The van der Waals surface area contributed by atoms with Crippen molar-refractivity contribution < 1.29 is 14.3 Å². The SMILES string of the molecule is COCCNC(=O)C1(C)Cn2c(cc3ccsc32)C(=O)N1CCc1ccc(C)cc1. The maximum absolute atomic E-state index is 13.5. The summed E-state index contributed by atoms with van der Waals surface area (Å²) in [7, 11) is 1.60. The van der Waals surface area contributed by atoms with Gasteiger partial charge in [-0.2, -0.15) is 0 Å². The number of ether oxygens (including phenoxy) is 1. The van der Waals surface area contributed by atoms with E-state index in [4.69, 9.17) is 4.74 Å². The number of nitrogens with zero attached hydrogens (tertiary/aromatic N) is 2. The third kappa shape index (κ3) is 3.63. The van der Waals surface area contributed by atoms with Crippen molar-refractivity contribution in [1.82, 2.24) is 14.8 Å². The number of hydrogen-bond acceptors (Lipinski definition) is 4. The molecule has 3 aromatic rings. The van der Waals surface area contributed by atoms with Gasteiger partial charge in [0.05, 0.1) is 13.2 Å². The first kappa shape index (κ1) is 20.6. The summed E-state index contributed by atoms with van der Waals surface area (Å²) in [5.41, 5.74) is 2.03. The van der Waals surface area contributed by atoms with Crippen LogP contribution in [0.25, 0.3) is 10.2 Å². The number of aromatic nitrogens is 1. The van der Waals surface area contributed by atoms with Crippen LogP contribution in [0, 0.1) is 6.92 Å². The second-order valence-electron chi connectivity index (χ2n) is 8.01. The largest absolute Gasteiger partial charge is 0.383 e. The second kappa shape index (κ2) is 8.24. The molecular weight excluding hydrogens is 398 g/mol. The Bertz CT molecular complexity index is 1070. The number of rotatable bonds is 7. The van der Waals surface area contributed by atoms with Crippen LogP contribution in [0.4, 0.5) is 0 Å². The van der Waals surface area contributed by atoms with Crippen LogP contribution in [0.5, 0.6) is 0 Å². The molecule has 1 aliphatic heterocycles. The summed E-state index contributed by atoms with van der Waals surface area (Å²) in [6.45, 7) is 5.68. The van der Waals surface area contributed by atoms with Crippen LogP contribution >= 0.6 is 11.3 Å². The first-order chi connectivity index (χ1) is 14.4. The molecule has 0 bridgehead atoms. The van der Waals surface area contributed by atoms with Crippen molar-refractivity contribution in [1.29, 1.82) is 0 Å². The Morgan fingerprint density at radius 3 is 2.77 bits per heavy atom. The summed E-state index contributed by atoms with van der Waals surface area (Å²) in [5.74, 6) is -0.248. The molecule has 0 radical (unpaired) electrons. The molecule has 0 spiro atoms. The van der Waals surface area contributed by atoms with E-state index < -0.39 is 5.54 Å². The topological polar surface area (TPSA) is 63.6 Å². The number of nitrogens with one attached hydrogen (secondary N) is 1. The summed E-state index contributed by atoms with van der Waals surface area (Å²) >= 11 is 1.60. The molecule has 1 atom stereocenters. The first-order valence-electron chi connectivity index (χ1n) is 10.2. The number of fused-ring (bicyclic) bond motifs is 3. The van der Waals surface area contributed by atoms with Gasteiger partial charge in [0.2, 0.25) is 5.91 Å². The number of hydrogen-bond donors (Lipinski definition) is 1. The minimum atomic E-state index is -0.974. The van der Waals surface area contributed by atoms with Gasteiger partial charge in [-0.15, -0.1) is 11.3 Å². The lowest BCUT2D eigenvalue weighted by atomic mass is 9.94. The summed E-state index contributed by atoms with van der Waals surface area (Å²) < 4.78 is 7.07. The molecule has 0 aliphatic carbocycles. The number of carbonyl (C=O) groups excluding carboxylic acids is 2. The molecule has 7 heteroatoms. The van der Waals surface area contributed by atoms with Crippen LogP contribution in [0.1, 0.15) is 28.5 Å². The molecule has 0 saturated heterocycles. The summed E-state index contributed by atoms with van der Waals surface area (Å²) in [4.78, 5) is 29.5.